The summed E-state index contributed by atoms with van der Waals surface area (Å²) in [6.07, 6.45) is -4.78. The van der Waals surface area contributed by atoms with E-state index in [2.05, 4.69) is 20.4 Å². The number of hydrogen-bond acceptors (Lipinski definition) is 7. The van der Waals surface area contributed by atoms with Crippen molar-refractivity contribution in [2.75, 3.05) is 13.7 Å². The molecular weight excluding hydrogens is 475 g/mol. The second kappa shape index (κ2) is 11.4. The normalized spacial score (nSPS) is 10.9. The topological polar surface area (TPSA) is 98.8 Å². The van der Waals surface area contributed by atoms with Gasteiger partial charge in [-0.3, -0.25) is 9.59 Å². The third-order valence-corrected chi connectivity index (χ3v) is 5.13. The van der Waals surface area contributed by atoms with Gasteiger partial charge in [-0.15, -0.1) is 24.5 Å². The number of hydrogen-bond donors (Lipinski definition) is 2. The summed E-state index contributed by atoms with van der Waals surface area (Å²) in [7, 11) is 1.55. The van der Waals surface area contributed by atoms with Gasteiger partial charge in [-0.25, -0.2) is 4.98 Å². The zero-order chi connectivity index (χ0) is 24.6. The average Bonchev–Trinajstić information content (AvgIpc) is 3.29. The summed E-state index contributed by atoms with van der Waals surface area (Å²) in [5.41, 5.74) is 1.05. The molecule has 2 aromatic carbocycles. The van der Waals surface area contributed by atoms with Crippen LogP contribution in [0.5, 0.6) is 17.2 Å². The number of nitrogens with one attached hydrogen (secondary N) is 2. The van der Waals surface area contributed by atoms with Crippen molar-refractivity contribution < 1.29 is 37.0 Å². The van der Waals surface area contributed by atoms with Crippen LogP contribution in [-0.4, -0.2) is 36.9 Å². The van der Waals surface area contributed by atoms with Gasteiger partial charge < -0.3 is 24.8 Å². The molecule has 1 aromatic heterocycles. The van der Waals surface area contributed by atoms with Gasteiger partial charge in [0.25, 0.3) is 11.8 Å². The van der Waals surface area contributed by atoms with Crippen molar-refractivity contribution in [1.82, 2.24) is 15.6 Å². The summed E-state index contributed by atoms with van der Waals surface area (Å²) in [4.78, 5) is 28.5. The smallest absolute Gasteiger partial charge is 0.496 e. The fraction of sp³-hybridized carbons (Fsp3) is 0.227. The number of amides is 2. The largest absolute Gasteiger partial charge is 0.573 e. The standard InChI is InChI=1S/C22H20F3N3O5S/c1-31-18-5-3-2-4-14(18)10-27-21(30)17-13-34-20(28-17)11-26-19(29)12-32-15-6-8-16(9-7-15)33-22(23,24)25/h2-9,13H,10-12H2,1H3,(H,26,29)(H,27,30). The quantitative estimate of drug-likeness (QED) is 0.445. The summed E-state index contributed by atoms with van der Waals surface area (Å²) in [6.45, 7) is 0.00913. The Kier molecular flexibility index (Phi) is 8.30. The monoisotopic (exact) mass is 495 g/mol. The van der Waals surface area contributed by atoms with Gasteiger partial charge in [-0.2, -0.15) is 0 Å². The van der Waals surface area contributed by atoms with Crippen LogP contribution in [-0.2, 0) is 17.9 Å². The molecule has 2 amide bonds. The van der Waals surface area contributed by atoms with Crippen LogP contribution < -0.4 is 24.8 Å². The highest BCUT2D eigenvalue weighted by Crippen LogP contribution is 2.24. The SMILES string of the molecule is COc1ccccc1CNC(=O)c1csc(CNC(=O)COc2ccc(OC(F)(F)F)cc2)n1. The Labute approximate surface area is 196 Å². The first-order valence-electron chi connectivity index (χ1n) is 9.83. The molecule has 0 aliphatic heterocycles. The van der Waals surface area contributed by atoms with E-state index in [0.29, 0.717) is 10.8 Å². The maximum atomic E-state index is 12.3. The van der Waals surface area contributed by atoms with Gasteiger partial charge in [-0.05, 0) is 30.3 Å². The molecule has 8 nitrogen and oxygen atoms in total. The van der Waals surface area contributed by atoms with Gasteiger partial charge >= 0.3 is 6.36 Å². The van der Waals surface area contributed by atoms with Gasteiger partial charge in [0.1, 0.15) is 28.0 Å². The number of alkyl halides is 3. The first-order valence-corrected chi connectivity index (χ1v) is 10.7. The molecule has 1 heterocycles. The number of ether oxygens (including phenoxy) is 3. The molecule has 3 aromatic rings. The van der Waals surface area contributed by atoms with E-state index >= 15 is 0 Å². The first kappa shape index (κ1) is 24.8. The molecule has 180 valence electrons. The lowest BCUT2D eigenvalue weighted by Gasteiger charge is -2.10. The molecule has 0 fully saturated rings. The summed E-state index contributed by atoms with van der Waals surface area (Å²) in [6, 6.07) is 12.0. The second-order valence-corrected chi connectivity index (χ2v) is 7.65. The molecule has 34 heavy (non-hydrogen) atoms. The fourth-order valence-electron chi connectivity index (χ4n) is 2.72. The molecule has 0 saturated heterocycles. The van der Waals surface area contributed by atoms with Crippen molar-refractivity contribution in [3.63, 3.8) is 0 Å². The lowest BCUT2D eigenvalue weighted by Crippen LogP contribution is -2.28. The van der Waals surface area contributed by atoms with Crippen LogP contribution in [0.1, 0.15) is 21.1 Å². The minimum Gasteiger partial charge on any atom is -0.496 e. The van der Waals surface area contributed by atoms with Crippen LogP contribution in [0, 0.1) is 0 Å². The summed E-state index contributed by atoms with van der Waals surface area (Å²) in [5.74, 6) is -0.352. The van der Waals surface area contributed by atoms with Crippen LogP contribution in [0.3, 0.4) is 0 Å². The summed E-state index contributed by atoms with van der Waals surface area (Å²) >= 11 is 1.21. The summed E-state index contributed by atoms with van der Waals surface area (Å²) < 4.78 is 50.7. The third-order valence-electron chi connectivity index (χ3n) is 4.28. The average molecular weight is 495 g/mol. The zero-order valence-electron chi connectivity index (χ0n) is 17.8. The molecule has 0 unspecified atom stereocenters. The van der Waals surface area contributed by atoms with E-state index in [1.165, 1.54) is 23.5 Å². The van der Waals surface area contributed by atoms with E-state index in [4.69, 9.17) is 9.47 Å². The number of carbonyl (C=O) groups is 2. The number of methoxy groups -OCH3 is 1. The number of aromatic nitrogens is 1. The Morgan fingerprint density at radius 1 is 1.00 bits per heavy atom. The van der Waals surface area contributed by atoms with Gasteiger partial charge in [0, 0.05) is 17.5 Å². The molecule has 0 radical (unpaired) electrons. The third kappa shape index (κ3) is 7.66. The fourth-order valence-corrected chi connectivity index (χ4v) is 3.44. The van der Waals surface area contributed by atoms with Crippen LogP contribution in [0.4, 0.5) is 13.2 Å². The molecule has 0 atom stereocenters. The van der Waals surface area contributed by atoms with Crippen molar-refractivity contribution in [1.29, 1.82) is 0 Å². The number of rotatable bonds is 10. The molecule has 3 rings (SSSR count). The van der Waals surface area contributed by atoms with Gasteiger partial charge in [0.2, 0.25) is 0 Å². The maximum Gasteiger partial charge on any atom is 0.573 e. The Bertz CT molecular complexity index is 1120. The molecule has 12 heteroatoms. The Hall–Kier alpha value is -3.80. The lowest BCUT2D eigenvalue weighted by molar-refractivity contribution is -0.274. The van der Waals surface area contributed by atoms with Gasteiger partial charge in [0.15, 0.2) is 6.61 Å². The Balaban J connectivity index is 1.41. The van der Waals surface area contributed by atoms with Crippen LogP contribution >= 0.6 is 11.3 Å². The number of benzene rings is 2. The Morgan fingerprint density at radius 3 is 2.41 bits per heavy atom. The highest BCUT2D eigenvalue weighted by Gasteiger charge is 2.31. The highest BCUT2D eigenvalue weighted by molar-refractivity contribution is 7.09. The second-order valence-electron chi connectivity index (χ2n) is 6.71. The van der Waals surface area contributed by atoms with Gasteiger partial charge in [0.05, 0.1) is 13.7 Å². The molecule has 0 aliphatic rings. The highest BCUT2D eigenvalue weighted by atomic mass is 32.1. The van der Waals surface area contributed by atoms with E-state index in [9.17, 15) is 22.8 Å². The molecule has 2 N–H and O–H groups in total. The van der Waals surface area contributed by atoms with E-state index < -0.39 is 18.0 Å². The van der Waals surface area contributed by atoms with E-state index in [0.717, 1.165) is 17.7 Å². The van der Waals surface area contributed by atoms with Gasteiger partial charge in [-0.1, -0.05) is 18.2 Å². The summed E-state index contributed by atoms with van der Waals surface area (Å²) in [5, 5.41) is 7.47. The van der Waals surface area contributed by atoms with E-state index in [1.807, 2.05) is 18.2 Å². The number of halogens is 3. The van der Waals surface area contributed by atoms with Crippen LogP contribution in [0.15, 0.2) is 53.9 Å². The first-order chi connectivity index (χ1) is 16.2. The van der Waals surface area contributed by atoms with Crippen LogP contribution in [0.2, 0.25) is 0 Å². The molecular formula is C22H20F3N3O5S. The van der Waals surface area contributed by atoms with Crippen molar-refractivity contribution in [3.05, 3.63) is 70.2 Å². The maximum absolute atomic E-state index is 12.3. The minimum atomic E-state index is -4.78. The molecule has 0 saturated carbocycles. The molecule has 0 bridgehead atoms. The number of thiazole rings is 1. The Morgan fingerprint density at radius 2 is 1.71 bits per heavy atom. The molecule has 0 spiro atoms. The number of nitrogens with zero attached hydrogens (tertiary/aromatic N) is 1. The predicted molar refractivity (Wildman–Crippen MR) is 117 cm³/mol. The number of para-hydroxylation sites is 1. The van der Waals surface area contributed by atoms with Crippen molar-refractivity contribution in [2.24, 2.45) is 0 Å². The minimum absolute atomic E-state index is 0.0883. The number of carbonyl (C=O) groups excluding carboxylic acids is 2. The molecule has 0 aliphatic carbocycles. The van der Waals surface area contributed by atoms with Crippen molar-refractivity contribution >= 4 is 23.2 Å². The van der Waals surface area contributed by atoms with Crippen molar-refractivity contribution in [3.8, 4) is 17.2 Å². The van der Waals surface area contributed by atoms with E-state index in [1.54, 1.807) is 18.6 Å². The lowest BCUT2D eigenvalue weighted by atomic mass is 10.2. The predicted octanol–water partition coefficient (Wildman–Crippen LogP) is 3.68. The van der Waals surface area contributed by atoms with Crippen molar-refractivity contribution in [2.45, 2.75) is 19.5 Å². The zero-order valence-corrected chi connectivity index (χ0v) is 18.7. The van der Waals surface area contributed by atoms with Crippen LogP contribution in [0.25, 0.3) is 0 Å². The van der Waals surface area contributed by atoms with E-state index in [-0.39, 0.29) is 37.0 Å².